The summed E-state index contributed by atoms with van der Waals surface area (Å²) in [4.78, 5) is 11.6. The third-order valence-corrected chi connectivity index (χ3v) is 4.93. The number of benzene rings is 1. The molecule has 3 rings (SSSR count). The fourth-order valence-corrected chi connectivity index (χ4v) is 3.56. The minimum absolute atomic E-state index is 0.269. The lowest BCUT2D eigenvalue weighted by Gasteiger charge is -2.11. The summed E-state index contributed by atoms with van der Waals surface area (Å²) in [6.45, 7) is 4.15. The molecule has 0 bridgehead atoms. The number of unbranched alkanes of at least 4 members (excludes halogenated alkanes) is 2. The number of ether oxygens (including phenoxy) is 1. The predicted molar refractivity (Wildman–Crippen MR) is 85.6 cm³/mol. The van der Waals surface area contributed by atoms with Crippen LogP contribution in [0.3, 0.4) is 0 Å². The van der Waals surface area contributed by atoms with Crippen LogP contribution in [-0.2, 0) is 6.42 Å². The van der Waals surface area contributed by atoms with Gasteiger partial charge in [-0.1, -0.05) is 0 Å². The number of rotatable bonds is 7. The standard InChI is InChI=1S/C16H22N2O2S/c19-16-7-4-13-12-14(5-6-15(13)16)20-11-3-1-2-9-18-10-8-17-21-18/h5-6,12,17H,1-4,7-11H2. The van der Waals surface area contributed by atoms with Crippen LogP contribution in [-0.4, -0.2) is 36.3 Å². The van der Waals surface area contributed by atoms with E-state index in [2.05, 4.69) is 9.03 Å². The molecule has 1 aromatic rings. The molecule has 0 radical (unpaired) electrons. The Morgan fingerprint density at radius 1 is 1.24 bits per heavy atom. The van der Waals surface area contributed by atoms with E-state index in [1.54, 1.807) is 12.1 Å². The highest BCUT2D eigenvalue weighted by Gasteiger charge is 2.19. The van der Waals surface area contributed by atoms with Crippen molar-refractivity contribution in [2.24, 2.45) is 0 Å². The molecule has 2 aliphatic rings. The molecule has 1 saturated heterocycles. The average molecular weight is 306 g/mol. The zero-order chi connectivity index (χ0) is 14.5. The monoisotopic (exact) mass is 306 g/mol. The summed E-state index contributed by atoms with van der Waals surface area (Å²) in [5.41, 5.74) is 2.04. The predicted octanol–water partition coefficient (Wildman–Crippen LogP) is 2.83. The summed E-state index contributed by atoms with van der Waals surface area (Å²) in [5.74, 6) is 1.17. The van der Waals surface area contributed by atoms with E-state index in [0.717, 1.165) is 56.0 Å². The van der Waals surface area contributed by atoms with Gasteiger partial charge in [0.15, 0.2) is 5.78 Å². The van der Waals surface area contributed by atoms with Crippen molar-refractivity contribution < 1.29 is 9.53 Å². The molecule has 1 aromatic carbocycles. The summed E-state index contributed by atoms with van der Waals surface area (Å²) in [5, 5.41) is 0. The van der Waals surface area contributed by atoms with Crippen LogP contribution in [0.25, 0.3) is 0 Å². The first-order chi connectivity index (χ1) is 10.3. The molecule has 0 amide bonds. The second-order valence-electron chi connectivity index (χ2n) is 5.57. The van der Waals surface area contributed by atoms with E-state index in [0.29, 0.717) is 6.42 Å². The van der Waals surface area contributed by atoms with Crippen LogP contribution in [0, 0.1) is 0 Å². The van der Waals surface area contributed by atoms with Crippen molar-refractivity contribution in [1.82, 2.24) is 9.03 Å². The molecule has 114 valence electrons. The van der Waals surface area contributed by atoms with Crippen molar-refractivity contribution >= 4 is 17.9 Å². The molecule has 0 spiro atoms. The Hall–Kier alpha value is -1.04. The molecule has 21 heavy (non-hydrogen) atoms. The summed E-state index contributed by atoms with van der Waals surface area (Å²) in [7, 11) is 0. The molecule has 0 saturated carbocycles. The largest absolute Gasteiger partial charge is 0.494 e. The van der Waals surface area contributed by atoms with Crippen molar-refractivity contribution in [2.75, 3.05) is 26.2 Å². The first-order valence-corrected chi connectivity index (χ1v) is 8.54. The normalized spacial score (nSPS) is 18.2. The maximum Gasteiger partial charge on any atom is 0.163 e. The lowest BCUT2D eigenvalue weighted by Crippen LogP contribution is -2.14. The van der Waals surface area contributed by atoms with Crippen LogP contribution >= 0.6 is 12.1 Å². The van der Waals surface area contributed by atoms with Crippen LogP contribution in [0.4, 0.5) is 0 Å². The van der Waals surface area contributed by atoms with Crippen LogP contribution in [0.2, 0.25) is 0 Å². The number of nitrogens with zero attached hydrogens (tertiary/aromatic N) is 1. The van der Waals surface area contributed by atoms with Gasteiger partial charge in [-0.2, -0.15) is 0 Å². The Bertz CT molecular complexity index is 501. The zero-order valence-electron chi connectivity index (χ0n) is 12.3. The zero-order valence-corrected chi connectivity index (χ0v) is 13.1. The number of carbonyl (C=O) groups excluding carboxylic acids is 1. The molecule has 1 aliphatic carbocycles. The van der Waals surface area contributed by atoms with Crippen molar-refractivity contribution in [3.63, 3.8) is 0 Å². The lowest BCUT2D eigenvalue weighted by molar-refractivity contribution is 0.0994. The first kappa shape index (κ1) is 14.9. The molecule has 0 aromatic heterocycles. The van der Waals surface area contributed by atoms with Crippen LogP contribution < -0.4 is 9.46 Å². The molecule has 1 fully saturated rings. The molecular weight excluding hydrogens is 284 g/mol. The third-order valence-electron chi connectivity index (χ3n) is 3.98. The van der Waals surface area contributed by atoms with Crippen molar-refractivity contribution in [3.05, 3.63) is 29.3 Å². The minimum Gasteiger partial charge on any atom is -0.494 e. The molecule has 1 heterocycles. The number of carbonyl (C=O) groups is 1. The van der Waals surface area contributed by atoms with E-state index in [9.17, 15) is 4.79 Å². The van der Waals surface area contributed by atoms with Crippen LogP contribution in [0.1, 0.15) is 41.6 Å². The molecule has 0 unspecified atom stereocenters. The number of ketones is 1. The highest BCUT2D eigenvalue weighted by molar-refractivity contribution is 7.95. The number of hydrogen-bond donors (Lipinski definition) is 1. The SMILES string of the molecule is O=C1CCc2cc(OCCCCCN3CCNS3)ccc21. The Morgan fingerprint density at radius 2 is 2.19 bits per heavy atom. The number of Topliss-reactive ketones (excluding diaryl/α,β-unsaturated/α-hetero) is 1. The van der Waals surface area contributed by atoms with Crippen LogP contribution in [0.5, 0.6) is 5.75 Å². The highest BCUT2D eigenvalue weighted by atomic mass is 32.2. The van der Waals surface area contributed by atoms with E-state index in [1.807, 2.05) is 18.2 Å². The number of nitrogens with one attached hydrogen (secondary N) is 1. The van der Waals surface area contributed by atoms with E-state index in [4.69, 9.17) is 4.74 Å². The fourth-order valence-electron chi connectivity index (χ4n) is 2.79. The Morgan fingerprint density at radius 3 is 3.05 bits per heavy atom. The molecule has 1 N–H and O–H groups in total. The smallest absolute Gasteiger partial charge is 0.163 e. The number of hydrogen-bond acceptors (Lipinski definition) is 5. The maximum atomic E-state index is 11.6. The van der Waals surface area contributed by atoms with Gasteiger partial charge in [-0.3, -0.25) is 4.79 Å². The number of fused-ring (bicyclic) bond motifs is 1. The van der Waals surface area contributed by atoms with Gasteiger partial charge < -0.3 is 4.74 Å². The highest BCUT2D eigenvalue weighted by Crippen LogP contribution is 2.26. The molecular formula is C16H22N2O2S. The Balaban J connectivity index is 1.33. The fraction of sp³-hybridized carbons (Fsp3) is 0.562. The van der Waals surface area contributed by atoms with Gasteiger partial charge in [-0.05, 0) is 49.4 Å². The van der Waals surface area contributed by atoms with Gasteiger partial charge in [0.25, 0.3) is 0 Å². The molecule has 0 atom stereocenters. The quantitative estimate of drug-likeness (QED) is 0.620. The van der Waals surface area contributed by atoms with Gasteiger partial charge >= 0.3 is 0 Å². The second kappa shape index (κ2) is 7.29. The molecule has 5 heteroatoms. The van der Waals surface area contributed by atoms with E-state index in [1.165, 1.54) is 12.8 Å². The third kappa shape index (κ3) is 3.99. The van der Waals surface area contributed by atoms with Gasteiger partial charge in [0.1, 0.15) is 5.75 Å². The van der Waals surface area contributed by atoms with Gasteiger partial charge in [0.05, 0.1) is 6.61 Å². The van der Waals surface area contributed by atoms with Crippen molar-refractivity contribution in [3.8, 4) is 5.75 Å². The summed E-state index contributed by atoms with van der Waals surface area (Å²) >= 11 is 1.74. The van der Waals surface area contributed by atoms with Gasteiger partial charge in [0, 0.05) is 43.8 Å². The summed E-state index contributed by atoms with van der Waals surface area (Å²) in [6, 6.07) is 5.87. The summed E-state index contributed by atoms with van der Waals surface area (Å²) < 4.78 is 11.4. The Labute approximate surface area is 130 Å². The topological polar surface area (TPSA) is 41.6 Å². The maximum absolute atomic E-state index is 11.6. The molecule has 1 aliphatic heterocycles. The second-order valence-corrected chi connectivity index (χ2v) is 6.55. The van der Waals surface area contributed by atoms with Gasteiger partial charge in [-0.25, -0.2) is 9.03 Å². The van der Waals surface area contributed by atoms with Crippen molar-refractivity contribution in [2.45, 2.75) is 32.1 Å². The minimum atomic E-state index is 0.269. The van der Waals surface area contributed by atoms with Gasteiger partial charge in [0.2, 0.25) is 0 Å². The lowest BCUT2D eigenvalue weighted by atomic mass is 10.1. The molecule has 4 nitrogen and oxygen atoms in total. The average Bonchev–Trinajstić information content (AvgIpc) is 3.13. The van der Waals surface area contributed by atoms with Crippen LogP contribution in [0.15, 0.2) is 18.2 Å². The van der Waals surface area contributed by atoms with Gasteiger partial charge in [-0.15, -0.1) is 0 Å². The van der Waals surface area contributed by atoms with Crippen molar-refractivity contribution in [1.29, 1.82) is 0 Å². The van der Waals surface area contributed by atoms with E-state index >= 15 is 0 Å². The van der Waals surface area contributed by atoms with E-state index < -0.39 is 0 Å². The first-order valence-electron chi connectivity index (χ1n) is 7.76. The Kier molecular flexibility index (Phi) is 5.17. The number of aryl methyl sites for hydroxylation is 1. The summed E-state index contributed by atoms with van der Waals surface area (Å²) in [6.07, 6.45) is 5.02. The van der Waals surface area contributed by atoms with E-state index in [-0.39, 0.29) is 5.78 Å².